The van der Waals surface area contributed by atoms with Crippen molar-refractivity contribution in [2.24, 2.45) is 5.92 Å². The van der Waals surface area contributed by atoms with Gasteiger partial charge in [-0.1, -0.05) is 49.6 Å². The molecular weight excluding hydrogens is 270 g/mol. The van der Waals surface area contributed by atoms with E-state index in [1.165, 1.54) is 19.3 Å². The zero-order valence-electron chi connectivity index (χ0n) is 12.4. The van der Waals surface area contributed by atoms with Crippen LogP contribution in [0.1, 0.15) is 44.6 Å². The first-order chi connectivity index (χ1) is 9.59. The Kier molecular flexibility index (Phi) is 5.47. The van der Waals surface area contributed by atoms with Gasteiger partial charge in [-0.3, -0.25) is 4.79 Å². The van der Waals surface area contributed by atoms with Crippen LogP contribution >= 0.6 is 11.6 Å². The van der Waals surface area contributed by atoms with Crippen molar-refractivity contribution in [3.8, 4) is 0 Å². The number of carbonyl (C=O) groups excluding carboxylic acids is 1. The normalized spacial score (nSPS) is 22.6. The van der Waals surface area contributed by atoms with E-state index in [2.05, 4.69) is 6.92 Å². The maximum absolute atomic E-state index is 12.4. The molecular formula is C17H24ClNO. The van der Waals surface area contributed by atoms with Gasteiger partial charge in [-0.2, -0.15) is 0 Å². The average molecular weight is 294 g/mol. The molecule has 2 nitrogen and oxygen atoms in total. The molecule has 3 heteroatoms. The fourth-order valence-electron chi connectivity index (χ4n) is 3.18. The largest absolute Gasteiger partial charge is 0.343 e. The van der Waals surface area contributed by atoms with Gasteiger partial charge in [-0.15, -0.1) is 0 Å². The molecule has 0 bridgehead atoms. The number of halogens is 1. The molecule has 2 unspecified atom stereocenters. The number of amides is 1. The van der Waals surface area contributed by atoms with E-state index in [0.717, 1.165) is 23.4 Å². The van der Waals surface area contributed by atoms with Crippen LogP contribution in [0.15, 0.2) is 24.3 Å². The van der Waals surface area contributed by atoms with Crippen molar-refractivity contribution in [1.29, 1.82) is 0 Å². The molecule has 0 spiro atoms. The number of rotatable bonds is 4. The summed E-state index contributed by atoms with van der Waals surface area (Å²) in [5, 5.41) is 0.758. The summed E-state index contributed by atoms with van der Waals surface area (Å²) in [6, 6.07) is 8.19. The second-order valence-electron chi connectivity index (χ2n) is 5.93. The fourth-order valence-corrected chi connectivity index (χ4v) is 3.41. The van der Waals surface area contributed by atoms with Gasteiger partial charge in [0.1, 0.15) is 0 Å². The van der Waals surface area contributed by atoms with Crippen LogP contribution < -0.4 is 0 Å². The summed E-state index contributed by atoms with van der Waals surface area (Å²) in [6.45, 7) is 2.27. The minimum Gasteiger partial charge on any atom is -0.343 e. The maximum Gasteiger partial charge on any atom is 0.222 e. The summed E-state index contributed by atoms with van der Waals surface area (Å²) in [7, 11) is 1.96. The minimum absolute atomic E-state index is 0.240. The molecule has 1 aliphatic carbocycles. The molecule has 110 valence electrons. The first kappa shape index (κ1) is 15.4. The Hall–Kier alpha value is -1.02. The number of hydrogen-bond acceptors (Lipinski definition) is 1. The second kappa shape index (κ2) is 7.12. The number of aryl methyl sites for hydroxylation is 1. The number of carbonyl (C=O) groups is 1. The first-order valence-corrected chi connectivity index (χ1v) is 7.96. The van der Waals surface area contributed by atoms with E-state index in [1.54, 1.807) is 0 Å². The second-order valence-corrected chi connectivity index (χ2v) is 6.33. The zero-order chi connectivity index (χ0) is 14.5. The molecule has 0 heterocycles. The quantitative estimate of drug-likeness (QED) is 0.810. The highest BCUT2D eigenvalue weighted by atomic mass is 35.5. The van der Waals surface area contributed by atoms with E-state index < -0.39 is 0 Å². The predicted molar refractivity (Wildman–Crippen MR) is 84.0 cm³/mol. The van der Waals surface area contributed by atoms with Crippen molar-refractivity contribution in [1.82, 2.24) is 4.90 Å². The summed E-state index contributed by atoms with van der Waals surface area (Å²) < 4.78 is 0. The van der Waals surface area contributed by atoms with Crippen molar-refractivity contribution in [2.75, 3.05) is 7.05 Å². The molecule has 0 aromatic heterocycles. The molecule has 1 saturated carbocycles. The summed E-state index contributed by atoms with van der Waals surface area (Å²) in [6.07, 6.45) is 6.21. The predicted octanol–water partition coefficient (Wildman–Crippen LogP) is 4.31. The summed E-state index contributed by atoms with van der Waals surface area (Å²) in [5.74, 6) is 0.863. The van der Waals surface area contributed by atoms with Gasteiger partial charge in [0.25, 0.3) is 0 Å². The van der Waals surface area contributed by atoms with Gasteiger partial charge in [0, 0.05) is 24.5 Å². The van der Waals surface area contributed by atoms with Crippen molar-refractivity contribution in [3.63, 3.8) is 0 Å². The van der Waals surface area contributed by atoms with Gasteiger partial charge >= 0.3 is 0 Å². The molecule has 1 aliphatic rings. The summed E-state index contributed by atoms with van der Waals surface area (Å²) in [4.78, 5) is 14.3. The van der Waals surface area contributed by atoms with Crippen LogP contribution in [0.2, 0.25) is 5.02 Å². The smallest absolute Gasteiger partial charge is 0.222 e. The van der Waals surface area contributed by atoms with Crippen LogP contribution in [0.25, 0.3) is 0 Å². The Labute approximate surface area is 127 Å². The number of hydrogen-bond donors (Lipinski definition) is 0. The van der Waals surface area contributed by atoms with Crippen LogP contribution in [0.5, 0.6) is 0 Å². The molecule has 1 fully saturated rings. The molecule has 1 aromatic rings. The molecule has 0 aliphatic heterocycles. The highest BCUT2D eigenvalue weighted by Crippen LogP contribution is 2.28. The first-order valence-electron chi connectivity index (χ1n) is 7.58. The van der Waals surface area contributed by atoms with Crippen molar-refractivity contribution >= 4 is 17.5 Å². The maximum atomic E-state index is 12.4. The molecule has 2 atom stereocenters. The molecule has 20 heavy (non-hydrogen) atoms. The lowest BCUT2D eigenvalue weighted by Crippen LogP contribution is -2.42. The third-order valence-corrected chi connectivity index (χ3v) is 4.89. The highest BCUT2D eigenvalue weighted by Gasteiger charge is 2.27. The van der Waals surface area contributed by atoms with Crippen LogP contribution in [0.3, 0.4) is 0 Å². The Morgan fingerprint density at radius 1 is 1.30 bits per heavy atom. The third-order valence-electron chi connectivity index (χ3n) is 4.52. The van der Waals surface area contributed by atoms with E-state index in [-0.39, 0.29) is 5.91 Å². The van der Waals surface area contributed by atoms with Crippen molar-refractivity contribution < 1.29 is 4.79 Å². The van der Waals surface area contributed by atoms with Crippen LogP contribution in [-0.2, 0) is 11.2 Å². The monoisotopic (exact) mass is 293 g/mol. The standard InChI is InChI=1S/C17H24ClNO/c1-13-7-3-6-10-16(13)19(2)17(20)12-11-14-8-4-5-9-15(14)18/h4-5,8-9,13,16H,3,6-7,10-12H2,1-2H3. The average Bonchev–Trinajstić information content (AvgIpc) is 2.46. The van der Waals surface area contributed by atoms with Crippen molar-refractivity contribution in [3.05, 3.63) is 34.9 Å². The molecule has 1 aromatic carbocycles. The van der Waals surface area contributed by atoms with Gasteiger partial charge in [-0.25, -0.2) is 0 Å². The molecule has 0 radical (unpaired) electrons. The Morgan fingerprint density at radius 2 is 2.00 bits per heavy atom. The highest BCUT2D eigenvalue weighted by molar-refractivity contribution is 6.31. The Morgan fingerprint density at radius 3 is 2.70 bits per heavy atom. The third kappa shape index (κ3) is 3.76. The van der Waals surface area contributed by atoms with E-state index in [0.29, 0.717) is 18.4 Å². The lowest BCUT2D eigenvalue weighted by molar-refractivity contribution is -0.133. The van der Waals surface area contributed by atoms with E-state index in [4.69, 9.17) is 11.6 Å². The number of nitrogens with zero attached hydrogens (tertiary/aromatic N) is 1. The molecule has 0 N–H and O–H groups in total. The van der Waals surface area contributed by atoms with Crippen LogP contribution in [0.4, 0.5) is 0 Å². The van der Waals surface area contributed by atoms with Gasteiger partial charge in [0.05, 0.1) is 0 Å². The van der Waals surface area contributed by atoms with Gasteiger partial charge in [0.15, 0.2) is 0 Å². The topological polar surface area (TPSA) is 20.3 Å². The molecule has 0 saturated heterocycles. The van der Waals surface area contributed by atoms with E-state index >= 15 is 0 Å². The Bertz CT molecular complexity index is 460. The minimum atomic E-state index is 0.240. The lowest BCUT2D eigenvalue weighted by Gasteiger charge is -2.36. The van der Waals surface area contributed by atoms with Gasteiger partial charge < -0.3 is 4.90 Å². The van der Waals surface area contributed by atoms with E-state index in [1.807, 2.05) is 36.2 Å². The summed E-state index contributed by atoms with van der Waals surface area (Å²) >= 11 is 6.13. The number of benzene rings is 1. The lowest BCUT2D eigenvalue weighted by atomic mass is 9.85. The zero-order valence-corrected chi connectivity index (χ0v) is 13.2. The van der Waals surface area contributed by atoms with Crippen LogP contribution in [-0.4, -0.2) is 23.9 Å². The van der Waals surface area contributed by atoms with E-state index in [9.17, 15) is 4.79 Å². The van der Waals surface area contributed by atoms with Gasteiger partial charge in [0.2, 0.25) is 5.91 Å². The fraction of sp³-hybridized carbons (Fsp3) is 0.588. The van der Waals surface area contributed by atoms with Crippen molar-refractivity contribution in [2.45, 2.75) is 51.5 Å². The SMILES string of the molecule is CC1CCCCC1N(C)C(=O)CCc1ccccc1Cl. The van der Waals surface area contributed by atoms with Crippen LogP contribution in [0, 0.1) is 5.92 Å². The van der Waals surface area contributed by atoms with Gasteiger partial charge in [-0.05, 0) is 36.8 Å². The molecule has 1 amide bonds. The molecule has 2 rings (SSSR count). The summed E-state index contributed by atoms with van der Waals surface area (Å²) in [5.41, 5.74) is 1.06. The Balaban J connectivity index is 1.89.